The van der Waals surface area contributed by atoms with Crippen LogP contribution in [0.4, 0.5) is 13.2 Å². The van der Waals surface area contributed by atoms with Crippen molar-refractivity contribution in [3.63, 3.8) is 0 Å². The third-order valence-electron chi connectivity index (χ3n) is 2.57. The molecule has 1 unspecified atom stereocenters. The number of Topliss-reactive ketones (excluding diaryl/α,β-unsaturated/α-hetero) is 1. The number of carbonyl (C=O) groups is 1. The zero-order valence-electron chi connectivity index (χ0n) is 10.1. The number of halogens is 3. The van der Waals surface area contributed by atoms with E-state index >= 15 is 0 Å². The predicted octanol–water partition coefficient (Wildman–Crippen LogP) is 3.09. The summed E-state index contributed by atoms with van der Waals surface area (Å²) in [6.45, 7) is 0. The molecule has 0 aliphatic carbocycles. The van der Waals surface area contributed by atoms with Gasteiger partial charge in [0.1, 0.15) is 17.5 Å². The van der Waals surface area contributed by atoms with Crippen LogP contribution >= 0.6 is 0 Å². The van der Waals surface area contributed by atoms with Gasteiger partial charge in [-0.05, 0) is 30.3 Å². The number of hydrogen-bond donors (Lipinski definition) is 0. The number of benzene rings is 2. The van der Waals surface area contributed by atoms with Gasteiger partial charge in [-0.1, -0.05) is 12.1 Å². The molecule has 0 radical (unpaired) electrons. The topological polar surface area (TPSA) is 34.1 Å². The van der Waals surface area contributed by atoms with Crippen LogP contribution in [0.25, 0.3) is 0 Å². The summed E-state index contributed by atoms with van der Waals surface area (Å²) >= 11 is 0. The molecule has 0 heterocycles. The van der Waals surface area contributed by atoms with Gasteiger partial charge in [0.05, 0.1) is 27.0 Å². The maximum atomic E-state index is 13.4. The highest BCUT2D eigenvalue weighted by molar-refractivity contribution is 7.85. The van der Waals surface area contributed by atoms with Crippen molar-refractivity contribution >= 4 is 16.6 Å². The Morgan fingerprint density at radius 2 is 1.70 bits per heavy atom. The summed E-state index contributed by atoms with van der Waals surface area (Å²) in [5, 5.41) is 0. The standard InChI is InChI=1S/C14H9F3O2S/c15-9-5-6-12(17)14(7-9)20(19)8-13(18)10-3-1-2-4-11(10)16/h1-7H,8H2. The van der Waals surface area contributed by atoms with Crippen LogP contribution in [0.5, 0.6) is 0 Å². The molecule has 0 amide bonds. The van der Waals surface area contributed by atoms with Crippen molar-refractivity contribution in [2.24, 2.45) is 0 Å². The van der Waals surface area contributed by atoms with Gasteiger partial charge >= 0.3 is 0 Å². The number of hydrogen-bond acceptors (Lipinski definition) is 2. The van der Waals surface area contributed by atoms with Crippen molar-refractivity contribution in [3.05, 3.63) is 65.5 Å². The predicted molar refractivity (Wildman–Crippen MR) is 68.4 cm³/mol. The van der Waals surface area contributed by atoms with Crippen LogP contribution in [0.1, 0.15) is 10.4 Å². The average molecular weight is 298 g/mol. The van der Waals surface area contributed by atoms with Gasteiger partial charge in [0.2, 0.25) is 0 Å². The number of ketones is 1. The zero-order valence-corrected chi connectivity index (χ0v) is 10.9. The second-order valence-electron chi connectivity index (χ2n) is 3.97. The van der Waals surface area contributed by atoms with Gasteiger partial charge in [-0.2, -0.15) is 0 Å². The van der Waals surface area contributed by atoms with E-state index in [1.54, 1.807) is 0 Å². The lowest BCUT2D eigenvalue weighted by atomic mass is 10.1. The summed E-state index contributed by atoms with van der Waals surface area (Å²) in [5.74, 6) is -3.71. The first-order valence-corrected chi connectivity index (χ1v) is 6.92. The van der Waals surface area contributed by atoms with Crippen molar-refractivity contribution < 1.29 is 22.2 Å². The fraction of sp³-hybridized carbons (Fsp3) is 0.0714. The van der Waals surface area contributed by atoms with Gasteiger partial charge < -0.3 is 0 Å². The third kappa shape index (κ3) is 3.14. The summed E-state index contributed by atoms with van der Waals surface area (Å²) in [4.78, 5) is 11.4. The lowest BCUT2D eigenvalue weighted by Gasteiger charge is -2.04. The van der Waals surface area contributed by atoms with Crippen LogP contribution in [0.3, 0.4) is 0 Å². The largest absolute Gasteiger partial charge is 0.293 e. The Kier molecular flexibility index (Phi) is 4.34. The average Bonchev–Trinajstić information content (AvgIpc) is 2.41. The first kappa shape index (κ1) is 14.5. The molecule has 0 saturated heterocycles. The van der Waals surface area contributed by atoms with Crippen LogP contribution in [-0.4, -0.2) is 15.7 Å². The van der Waals surface area contributed by atoms with E-state index in [2.05, 4.69) is 0 Å². The van der Waals surface area contributed by atoms with Crippen LogP contribution in [0, 0.1) is 17.5 Å². The molecule has 6 heteroatoms. The van der Waals surface area contributed by atoms with E-state index in [1.165, 1.54) is 18.2 Å². The Morgan fingerprint density at radius 3 is 2.40 bits per heavy atom. The van der Waals surface area contributed by atoms with Crippen LogP contribution in [-0.2, 0) is 10.8 Å². The summed E-state index contributed by atoms with van der Waals surface area (Å²) in [5.41, 5.74) is -0.224. The van der Waals surface area contributed by atoms with E-state index in [1.807, 2.05) is 0 Å². The Bertz CT molecular complexity index is 686. The maximum Gasteiger partial charge on any atom is 0.178 e. The van der Waals surface area contributed by atoms with Crippen molar-refractivity contribution in [2.75, 3.05) is 5.75 Å². The molecule has 2 rings (SSSR count). The Balaban J connectivity index is 2.22. The molecule has 0 aliphatic rings. The Morgan fingerprint density at radius 1 is 1.00 bits per heavy atom. The maximum absolute atomic E-state index is 13.4. The summed E-state index contributed by atoms with van der Waals surface area (Å²) in [7, 11) is -2.08. The van der Waals surface area contributed by atoms with E-state index in [0.717, 1.165) is 24.3 Å². The molecule has 0 saturated carbocycles. The lowest BCUT2D eigenvalue weighted by molar-refractivity contribution is 0.101. The molecule has 2 nitrogen and oxygen atoms in total. The van der Waals surface area contributed by atoms with Gasteiger partial charge in [0.15, 0.2) is 5.78 Å². The molecule has 0 fully saturated rings. The molecule has 0 aliphatic heterocycles. The quantitative estimate of drug-likeness (QED) is 0.813. The highest BCUT2D eigenvalue weighted by Gasteiger charge is 2.18. The fourth-order valence-electron chi connectivity index (χ4n) is 1.61. The third-order valence-corrected chi connectivity index (χ3v) is 3.90. The molecule has 0 aromatic heterocycles. The molecular weight excluding hydrogens is 289 g/mol. The summed E-state index contributed by atoms with van der Waals surface area (Å²) < 4.78 is 51.6. The zero-order chi connectivity index (χ0) is 14.7. The highest BCUT2D eigenvalue weighted by Crippen LogP contribution is 2.16. The van der Waals surface area contributed by atoms with Crippen molar-refractivity contribution in [3.8, 4) is 0 Å². The van der Waals surface area contributed by atoms with Crippen molar-refractivity contribution in [1.82, 2.24) is 0 Å². The number of rotatable bonds is 4. The van der Waals surface area contributed by atoms with E-state index in [4.69, 9.17) is 0 Å². The molecule has 0 spiro atoms. The Labute approximate surface area is 115 Å². The fourth-order valence-corrected chi connectivity index (χ4v) is 2.69. The van der Waals surface area contributed by atoms with Gasteiger partial charge in [-0.25, -0.2) is 13.2 Å². The minimum atomic E-state index is -2.08. The van der Waals surface area contributed by atoms with Crippen LogP contribution < -0.4 is 0 Å². The van der Waals surface area contributed by atoms with Gasteiger partial charge in [-0.15, -0.1) is 0 Å². The van der Waals surface area contributed by atoms with Gasteiger partial charge in [0, 0.05) is 0 Å². The smallest absolute Gasteiger partial charge is 0.178 e. The van der Waals surface area contributed by atoms with E-state index < -0.39 is 44.7 Å². The minimum absolute atomic E-state index is 0.224. The summed E-state index contributed by atoms with van der Waals surface area (Å²) in [6.07, 6.45) is 0. The molecule has 0 bridgehead atoms. The van der Waals surface area contributed by atoms with Gasteiger partial charge in [0.25, 0.3) is 0 Å². The van der Waals surface area contributed by atoms with Crippen molar-refractivity contribution in [1.29, 1.82) is 0 Å². The molecule has 20 heavy (non-hydrogen) atoms. The van der Waals surface area contributed by atoms with Crippen molar-refractivity contribution in [2.45, 2.75) is 4.90 Å². The normalized spacial score (nSPS) is 12.2. The number of carbonyl (C=O) groups excluding carboxylic acids is 1. The minimum Gasteiger partial charge on any atom is -0.293 e. The summed E-state index contributed by atoms with van der Waals surface area (Å²) in [6, 6.07) is 7.69. The highest BCUT2D eigenvalue weighted by atomic mass is 32.2. The second-order valence-corrected chi connectivity index (χ2v) is 5.39. The first-order chi connectivity index (χ1) is 9.49. The molecule has 1 atom stereocenters. The monoisotopic (exact) mass is 298 g/mol. The Hall–Kier alpha value is -1.95. The van der Waals surface area contributed by atoms with Crippen LogP contribution in [0.15, 0.2) is 47.4 Å². The molecule has 2 aromatic rings. The molecule has 0 N–H and O–H groups in total. The van der Waals surface area contributed by atoms with E-state index in [-0.39, 0.29) is 5.56 Å². The first-order valence-electron chi connectivity index (χ1n) is 5.60. The SMILES string of the molecule is O=C(CS(=O)c1cc(F)ccc1F)c1ccccc1F. The lowest BCUT2D eigenvalue weighted by Crippen LogP contribution is -2.13. The second kappa shape index (κ2) is 6.00. The molecular formula is C14H9F3O2S. The molecule has 2 aromatic carbocycles. The van der Waals surface area contributed by atoms with Crippen LogP contribution in [0.2, 0.25) is 0 Å². The molecule has 104 valence electrons. The van der Waals surface area contributed by atoms with E-state index in [0.29, 0.717) is 0 Å². The van der Waals surface area contributed by atoms with Gasteiger partial charge in [-0.3, -0.25) is 9.00 Å². The van der Waals surface area contributed by atoms with E-state index in [9.17, 15) is 22.2 Å².